The fourth-order valence-corrected chi connectivity index (χ4v) is 13.5. The average molecular weight is 1140 g/mol. The fourth-order valence-electron chi connectivity index (χ4n) is 13.3. The molecule has 430 valence electrons. The van der Waals surface area contributed by atoms with Crippen LogP contribution in [0.15, 0.2) is 91.0 Å². The Labute approximate surface area is 479 Å². The minimum atomic E-state index is -1.44. The number of amides is 6. The number of piperidine rings is 1. The summed E-state index contributed by atoms with van der Waals surface area (Å²) in [5.74, 6) is -2.26. The fraction of sp³-hybridized carbons (Fsp3) is 0.419. The number of hydrogen-bond donors (Lipinski definition) is 2. The molecule has 20 heteroatoms. The van der Waals surface area contributed by atoms with E-state index < -0.39 is 52.2 Å². The van der Waals surface area contributed by atoms with Gasteiger partial charge in [-0.2, -0.15) is 5.10 Å². The van der Waals surface area contributed by atoms with E-state index in [0.29, 0.717) is 73.3 Å². The van der Waals surface area contributed by atoms with Crippen LogP contribution < -0.4 is 30.2 Å². The number of imide groups is 1. The summed E-state index contributed by atoms with van der Waals surface area (Å²) < 4.78 is 58.4. The van der Waals surface area contributed by atoms with Crippen LogP contribution in [0.25, 0.3) is 22.0 Å². The van der Waals surface area contributed by atoms with Crippen LogP contribution in [0.4, 0.5) is 24.2 Å². The highest BCUT2D eigenvalue weighted by Crippen LogP contribution is 2.57. The molecule has 5 aliphatic rings. The lowest BCUT2D eigenvalue weighted by Crippen LogP contribution is -2.53. The summed E-state index contributed by atoms with van der Waals surface area (Å²) in [5, 5.41) is 7.48. The first kappa shape index (κ1) is 56.1. The number of halogens is 3. The van der Waals surface area contributed by atoms with Crippen molar-refractivity contribution in [2.75, 3.05) is 64.9 Å². The van der Waals surface area contributed by atoms with Crippen molar-refractivity contribution in [1.82, 2.24) is 29.8 Å². The lowest BCUT2D eigenvalue weighted by atomic mass is 9.76. The van der Waals surface area contributed by atoms with Gasteiger partial charge >= 0.3 is 12.1 Å². The van der Waals surface area contributed by atoms with Crippen molar-refractivity contribution in [3.63, 3.8) is 0 Å². The van der Waals surface area contributed by atoms with Gasteiger partial charge in [-0.15, -0.1) is 0 Å². The molecule has 3 saturated heterocycles. The molecule has 4 aliphatic heterocycles. The summed E-state index contributed by atoms with van der Waals surface area (Å²) in [6.45, 7) is 6.15. The smallest absolute Gasteiger partial charge is 0.410 e. The molecule has 5 heterocycles. The number of anilines is 1. The molecule has 1 aliphatic carbocycles. The van der Waals surface area contributed by atoms with Crippen LogP contribution in [0.3, 0.4) is 0 Å². The quantitative estimate of drug-likeness (QED) is 0.0995. The van der Waals surface area contributed by atoms with Gasteiger partial charge in [0.1, 0.15) is 23.9 Å². The van der Waals surface area contributed by atoms with E-state index in [0.717, 1.165) is 61.4 Å². The largest absolute Gasteiger partial charge is 0.497 e. The van der Waals surface area contributed by atoms with Crippen molar-refractivity contribution in [3.05, 3.63) is 135 Å². The third kappa shape index (κ3) is 10.7. The van der Waals surface area contributed by atoms with E-state index in [1.165, 1.54) is 29.7 Å². The van der Waals surface area contributed by atoms with E-state index in [4.69, 9.17) is 36.3 Å². The average Bonchev–Trinajstić information content (AvgIpc) is 3.40. The van der Waals surface area contributed by atoms with Crippen LogP contribution in [0.5, 0.6) is 17.2 Å². The van der Waals surface area contributed by atoms with Gasteiger partial charge in [-0.3, -0.25) is 29.3 Å². The van der Waals surface area contributed by atoms with Crippen LogP contribution >= 0.6 is 11.6 Å². The SMILES string of the molecule is COc1ccc(COC(=O)N(C[C@]2(c3ccccc3)Oc3cc(F)c(Cl)c(-c4c(C(N)=O)ccc(OC)c4F)c3[C@@H]2C)C2CCC(C(=O)N3CC[C@@H](CN4CCC(c5ccc6c(N7CCC(=O)NC7=O)nn(C)c6c5)CC4)C3)CC2)cc1. The van der Waals surface area contributed by atoms with Crippen molar-refractivity contribution in [2.24, 2.45) is 24.6 Å². The second kappa shape index (κ2) is 23.2. The number of urea groups is 1. The van der Waals surface area contributed by atoms with E-state index in [1.54, 1.807) is 28.8 Å². The van der Waals surface area contributed by atoms with Crippen LogP contribution in [0, 0.1) is 23.5 Å². The first-order chi connectivity index (χ1) is 39.5. The van der Waals surface area contributed by atoms with E-state index in [-0.39, 0.29) is 72.0 Å². The van der Waals surface area contributed by atoms with Crippen LogP contribution in [0.1, 0.15) is 103 Å². The standard InChI is InChI=1S/C62H67ClF2N8O9/c1-36-52-50(31-47(64)55(63)54(52)53-46(57(66)75)20-21-49(80-4)56(53)65)82-62(36,42-8-6-5-7-9-42)35-73(61(78)81-34-37-10-17-44(79-3)18-11-37)43-15-12-40(13-16-43)59(76)71-28-22-38(33-71)32-70-26-23-39(24-27-70)41-14-19-45-48(30-41)69(2)68-58(45)72-29-25-51(74)67-60(72)77/h5-11,14,17-21,30-31,36,38-40,43H,12-13,15-16,22-29,32-35H2,1-4H3,(H2,66,75)(H,67,74,77)/t36-,38-,40?,43?,62-/m0/s1. The molecule has 5 aromatic carbocycles. The van der Waals surface area contributed by atoms with E-state index in [2.05, 4.69) is 27.4 Å². The highest BCUT2D eigenvalue weighted by atomic mass is 35.5. The molecule has 3 N–H and O–H groups in total. The third-order valence-electron chi connectivity index (χ3n) is 17.7. The first-order valence-corrected chi connectivity index (χ1v) is 28.5. The highest BCUT2D eigenvalue weighted by Gasteiger charge is 2.53. The lowest BCUT2D eigenvalue weighted by Gasteiger charge is -2.43. The normalized spacial score (nSPS) is 22.2. The van der Waals surface area contributed by atoms with Gasteiger partial charge in [-0.1, -0.05) is 67.1 Å². The maximum Gasteiger partial charge on any atom is 0.410 e. The second-order valence-electron chi connectivity index (χ2n) is 22.4. The molecule has 3 atom stereocenters. The number of nitrogens with two attached hydrogens (primary N) is 1. The first-order valence-electron chi connectivity index (χ1n) is 28.1. The number of carbonyl (C=O) groups is 5. The van der Waals surface area contributed by atoms with Gasteiger partial charge in [0.25, 0.3) is 0 Å². The Bertz CT molecular complexity index is 3440. The van der Waals surface area contributed by atoms with E-state index in [1.807, 2.05) is 67.4 Å². The van der Waals surface area contributed by atoms with E-state index >= 15 is 8.78 Å². The molecule has 17 nitrogen and oxygen atoms in total. The third-order valence-corrected chi connectivity index (χ3v) is 18.1. The number of aryl methyl sites for hydroxylation is 1. The molecule has 0 spiro atoms. The molecular weight excluding hydrogens is 1070 g/mol. The molecule has 4 fully saturated rings. The number of methoxy groups -OCH3 is 2. The predicted octanol–water partition coefficient (Wildman–Crippen LogP) is 10.1. The monoisotopic (exact) mass is 1140 g/mol. The van der Waals surface area contributed by atoms with Crippen molar-refractivity contribution in [1.29, 1.82) is 0 Å². The molecule has 0 radical (unpaired) electrons. The highest BCUT2D eigenvalue weighted by molar-refractivity contribution is 6.34. The number of nitrogens with one attached hydrogen (secondary N) is 1. The van der Waals surface area contributed by atoms with E-state index in [9.17, 15) is 24.0 Å². The molecule has 1 saturated carbocycles. The molecular formula is C62H67ClF2N8O9. The Morgan fingerprint density at radius 2 is 1.62 bits per heavy atom. The minimum absolute atomic E-state index is 0.0440. The summed E-state index contributed by atoms with van der Waals surface area (Å²) in [6, 6.07) is 25.6. The Kier molecular flexibility index (Phi) is 15.9. The Hall–Kier alpha value is -7.77. The number of fused-ring (bicyclic) bond motifs is 2. The summed E-state index contributed by atoms with van der Waals surface area (Å²) >= 11 is 6.83. The number of rotatable bonds is 15. The van der Waals surface area contributed by atoms with Crippen molar-refractivity contribution < 1.29 is 51.7 Å². The Morgan fingerprint density at radius 1 is 0.878 bits per heavy atom. The van der Waals surface area contributed by atoms with Gasteiger partial charge in [0.15, 0.2) is 23.0 Å². The molecule has 82 heavy (non-hydrogen) atoms. The summed E-state index contributed by atoms with van der Waals surface area (Å²) in [5.41, 5.74) is 7.54. The van der Waals surface area contributed by atoms with Gasteiger partial charge in [-0.05, 0) is 123 Å². The molecule has 0 unspecified atom stereocenters. The maximum atomic E-state index is 16.6. The number of aromatic nitrogens is 2. The summed E-state index contributed by atoms with van der Waals surface area (Å²) in [4.78, 5) is 74.5. The maximum absolute atomic E-state index is 16.6. The number of nitrogens with zero attached hydrogens (tertiary/aromatic N) is 6. The molecule has 0 bridgehead atoms. The molecule has 11 rings (SSSR count). The van der Waals surface area contributed by atoms with Crippen molar-refractivity contribution in [2.45, 2.75) is 88.4 Å². The minimum Gasteiger partial charge on any atom is -0.497 e. The zero-order chi connectivity index (χ0) is 57.6. The van der Waals surface area contributed by atoms with Crippen molar-refractivity contribution >= 4 is 58.2 Å². The zero-order valence-electron chi connectivity index (χ0n) is 46.4. The van der Waals surface area contributed by atoms with Gasteiger partial charge < -0.3 is 39.4 Å². The van der Waals surface area contributed by atoms with Gasteiger partial charge in [0.2, 0.25) is 17.7 Å². The second-order valence-corrected chi connectivity index (χ2v) is 22.8. The lowest BCUT2D eigenvalue weighted by molar-refractivity contribution is -0.136. The summed E-state index contributed by atoms with van der Waals surface area (Å²) in [7, 11) is 4.72. The predicted molar refractivity (Wildman–Crippen MR) is 304 cm³/mol. The number of likely N-dealkylation sites (tertiary alicyclic amines) is 2. The number of hydrogen-bond acceptors (Lipinski definition) is 11. The Morgan fingerprint density at radius 3 is 2.32 bits per heavy atom. The number of primary amides is 1. The number of carbonyl (C=O) groups excluding carboxylic acids is 5. The van der Waals surface area contributed by atoms with Crippen LogP contribution in [0.2, 0.25) is 5.02 Å². The molecule has 1 aromatic heterocycles. The van der Waals surface area contributed by atoms with Gasteiger partial charge in [0, 0.05) is 85.7 Å². The topological polar surface area (TPSA) is 191 Å². The molecule has 6 amide bonds. The zero-order valence-corrected chi connectivity index (χ0v) is 47.2. The molecule has 6 aromatic rings. The summed E-state index contributed by atoms with van der Waals surface area (Å²) in [6.07, 6.45) is 4.57. The van der Waals surface area contributed by atoms with Crippen molar-refractivity contribution in [3.8, 4) is 28.4 Å². The van der Waals surface area contributed by atoms with Crippen LogP contribution in [-0.2, 0) is 33.6 Å². The Balaban J connectivity index is 0.779. The number of benzene rings is 5. The van der Waals surface area contributed by atoms with Gasteiger partial charge in [-0.25, -0.2) is 18.4 Å². The van der Waals surface area contributed by atoms with Gasteiger partial charge in [0.05, 0.1) is 36.9 Å². The van der Waals surface area contributed by atoms with Crippen LogP contribution in [-0.4, -0.2) is 120 Å². The number of ether oxygens (including phenoxy) is 4.